The lowest BCUT2D eigenvalue weighted by Crippen LogP contribution is -2.41. The van der Waals surface area contributed by atoms with Crippen molar-refractivity contribution in [2.75, 3.05) is 12.8 Å². The van der Waals surface area contributed by atoms with Crippen molar-refractivity contribution in [2.45, 2.75) is 32.7 Å². The van der Waals surface area contributed by atoms with Crippen molar-refractivity contribution >= 4 is 11.6 Å². The average Bonchev–Trinajstić information content (AvgIpc) is 2.83. The van der Waals surface area contributed by atoms with Gasteiger partial charge in [-0.15, -0.1) is 0 Å². The third-order valence-electron chi connectivity index (χ3n) is 3.89. The van der Waals surface area contributed by atoms with Crippen LogP contribution in [0.25, 0.3) is 0 Å². The fourth-order valence-electron chi connectivity index (χ4n) is 2.40. The number of nitrogens with two attached hydrogens (primary N) is 1. The van der Waals surface area contributed by atoms with Crippen LogP contribution >= 0.6 is 0 Å². The molecule has 0 radical (unpaired) electrons. The van der Waals surface area contributed by atoms with Gasteiger partial charge in [0.15, 0.2) is 0 Å². The van der Waals surface area contributed by atoms with Crippen LogP contribution in [-0.2, 0) is 16.8 Å². The normalized spacial score (nSPS) is 11.4. The van der Waals surface area contributed by atoms with Crippen LogP contribution in [0.15, 0.2) is 41.0 Å². The summed E-state index contributed by atoms with van der Waals surface area (Å²) in [6.45, 7) is 6.30. The number of aryl methyl sites for hydroxylation is 1. The van der Waals surface area contributed by atoms with Crippen molar-refractivity contribution in [3.05, 3.63) is 53.5 Å². The molecule has 1 aromatic heterocycles. The molecule has 2 rings (SSSR count). The van der Waals surface area contributed by atoms with E-state index in [1.165, 1.54) is 0 Å². The van der Waals surface area contributed by atoms with Gasteiger partial charge in [0.2, 0.25) is 5.91 Å². The highest BCUT2D eigenvalue weighted by Crippen LogP contribution is 2.27. The molecule has 0 aliphatic rings. The Kier molecular flexibility index (Phi) is 4.07. The van der Waals surface area contributed by atoms with Crippen LogP contribution in [0.5, 0.6) is 0 Å². The van der Waals surface area contributed by atoms with Gasteiger partial charge in [-0.25, -0.2) is 0 Å². The lowest BCUT2D eigenvalue weighted by Gasteiger charge is -2.30. The standard InChI is InChI=1S/C17H22N2O2/c1-12-13(9-10-21-12)11-19(4)16(20)17(2,3)14-5-7-15(18)8-6-14/h5-10H,11,18H2,1-4H3. The summed E-state index contributed by atoms with van der Waals surface area (Å²) in [6.07, 6.45) is 1.65. The molecule has 0 atom stereocenters. The van der Waals surface area contributed by atoms with E-state index in [4.69, 9.17) is 10.2 Å². The highest BCUT2D eigenvalue weighted by molar-refractivity contribution is 5.87. The molecule has 0 fully saturated rings. The quantitative estimate of drug-likeness (QED) is 0.879. The van der Waals surface area contributed by atoms with Crippen molar-refractivity contribution in [3.63, 3.8) is 0 Å². The molecule has 4 nitrogen and oxygen atoms in total. The Balaban J connectivity index is 2.17. The first-order chi connectivity index (χ1) is 9.82. The lowest BCUT2D eigenvalue weighted by molar-refractivity contribution is -0.135. The predicted molar refractivity (Wildman–Crippen MR) is 83.8 cm³/mol. The summed E-state index contributed by atoms with van der Waals surface area (Å²) in [5.41, 5.74) is 7.79. The largest absolute Gasteiger partial charge is 0.469 e. The minimum Gasteiger partial charge on any atom is -0.469 e. The maximum absolute atomic E-state index is 12.8. The van der Waals surface area contributed by atoms with E-state index < -0.39 is 5.41 Å². The van der Waals surface area contributed by atoms with E-state index in [0.717, 1.165) is 16.9 Å². The second-order valence-corrected chi connectivity index (χ2v) is 5.91. The molecule has 21 heavy (non-hydrogen) atoms. The van der Waals surface area contributed by atoms with E-state index in [1.54, 1.807) is 11.2 Å². The van der Waals surface area contributed by atoms with E-state index in [1.807, 2.05) is 58.2 Å². The van der Waals surface area contributed by atoms with Crippen LogP contribution in [0.1, 0.15) is 30.7 Å². The van der Waals surface area contributed by atoms with Gasteiger partial charge in [0.1, 0.15) is 5.76 Å². The van der Waals surface area contributed by atoms with Gasteiger partial charge in [0.05, 0.1) is 11.7 Å². The van der Waals surface area contributed by atoms with Crippen LogP contribution in [0.2, 0.25) is 0 Å². The summed E-state index contributed by atoms with van der Waals surface area (Å²) >= 11 is 0. The molecule has 2 aromatic rings. The summed E-state index contributed by atoms with van der Waals surface area (Å²) in [4.78, 5) is 14.5. The van der Waals surface area contributed by atoms with Gasteiger partial charge in [-0.2, -0.15) is 0 Å². The van der Waals surface area contributed by atoms with Crippen molar-refractivity contribution in [1.82, 2.24) is 4.90 Å². The van der Waals surface area contributed by atoms with Crippen LogP contribution < -0.4 is 5.73 Å². The van der Waals surface area contributed by atoms with Gasteiger partial charge >= 0.3 is 0 Å². The van der Waals surface area contributed by atoms with Gasteiger partial charge in [0.25, 0.3) is 0 Å². The summed E-state index contributed by atoms with van der Waals surface area (Å²) in [5, 5.41) is 0. The van der Waals surface area contributed by atoms with Crippen molar-refractivity contribution in [1.29, 1.82) is 0 Å². The molecule has 0 saturated carbocycles. The fraction of sp³-hybridized carbons (Fsp3) is 0.353. The minimum atomic E-state index is -0.597. The second kappa shape index (κ2) is 5.64. The second-order valence-electron chi connectivity index (χ2n) is 5.91. The number of hydrogen-bond acceptors (Lipinski definition) is 3. The number of hydrogen-bond donors (Lipinski definition) is 1. The van der Waals surface area contributed by atoms with Gasteiger partial charge in [-0.3, -0.25) is 4.79 Å². The molecule has 0 aliphatic heterocycles. The number of anilines is 1. The third kappa shape index (κ3) is 3.10. The SMILES string of the molecule is Cc1occc1CN(C)C(=O)C(C)(C)c1ccc(N)cc1. The molecule has 0 aliphatic carbocycles. The number of nitrogen functional groups attached to an aromatic ring is 1. The van der Waals surface area contributed by atoms with Crippen LogP contribution in [0.4, 0.5) is 5.69 Å². The first-order valence-electron chi connectivity index (χ1n) is 6.97. The van der Waals surface area contributed by atoms with Crippen molar-refractivity contribution < 1.29 is 9.21 Å². The zero-order valence-corrected chi connectivity index (χ0v) is 13.0. The smallest absolute Gasteiger partial charge is 0.232 e. The number of amides is 1. The molecule has 112 valence electrons. The maximum atomic E-state index is 12.8. The summed E-state index contributed by atoms with van der Waals surface area (Å²) in [6, 6.07) is 9.36. The van der Waals surface area contributed by atoms with Gasteiger partial charge in [-0.05, 0) is 44.5 Å². The molecular weight excluding hydrogens is 264 g/mol. The van der Waals surface area contributed by atoms with E-state index in [0.29, 0.717) is 12.2 Å². The topological polar surface area (TPSA) is 59.5 Å². The Morgan fingerprint density at radius 2 is 1.86 bits per heavy atom. The zero-order valence-electron chi connectivity index (χ0n) is 13.0. The van der Waals surface area contributed by atoms with Crippen LogP contribution in [-0.4, -0.2) is 17.9 Å². The highest BCUT2D eigenvalue weighted by Gasteiger charge is 2.32. The van der Waals surface area contributed by atoms with Crippen LogP contribution in [0, 0.1) is 6.92 Å². The Morgan fingerprint density at radius 1 is 1.24 bits per heavy atom. The molecule has 1 aromatic carbocycles. The van der Waals surface area contributed by atoms with E-state index >= 15 is 0 Å². The summed E-state index contributed by atoms with van der Waals surface area (Å²) in [7, 11) is 1.81. The van der Waals surface area contributed by atoms with E-state index in [2.05, 4.69) is 0 Å². The molecule has 1 heterocycles. The monoisotopic (exact) mass is 286 g/mol. The van der Waals surface area contributed by atoms with Gasteiger partial charge in [-0.1, -0.05) is 12.1 Å². The van der Waals surface area contributed by atoms with Gasteiger partial charge in [0, 0.05) is 24.8 Å². The summed E-state index contributed by atoms with van der Waals surface area (Å²) in [5.74, 6) is 0.910. The Morgan fingerprint density at radius 3 is 2.38 bits per heavy atom. The number of carbonyl (C=O) groups excluding carboxylic acids is 1. The van der Waals surface area contributed by atoms with E-state index in [-0.39, 0.29) is 5.91 Å². The Labute approximate surface area is 125 Å². The third-order valence-corrected chi connectivity index (χ3v) is 3.89. The Bertz CT molecular complexity index is 626. The number of likely N-dealkylation sites (N-methyl/N-ethyl adjacent to an activating group) is 1. The number of furan rings is 1. The van der Waals surface area contributed by atoms with Crippen LogP contribution in [0.3, 0.4) is 0 Å². The zero-order chi connectivity index (χ0) is 15.6. The minimum absolute atomic E-state index is 0.0628. The number of carbonyl (C=O) groups is 1. The molecule has 0 unspecified atom stereocenters. The highest BCUT2D eigenvalue weighted by atomic mass is 16.3. The van der Waals surface area contributed by atoms with Crippen molar-refractivity contribution in [3.8, 4) is 0 Å². The first-order valence-corrected chi connectivity index (χ1v) is 6.97. The lowest BCUT2D eigenvalue weighted by atomic mass is 9.83. The fourth-order valence-corrected chi connectivity index (χ4v) is 2.40. The average molecular weight is 286 g/mol. The molecule has 0 bridgehead atoms. The number of benzene rings is 1. The van der Waals surface area contributed by atoms with Gasteiger partial charge < -0.3 is 15.1 Å². The number of rotatable bonds is 4. The van der Waals surface area contributed by atoms with E-state index in [9.17, 15) is 4.79 Å². The molecular formula is C17H22N2O2. The van der Waals surface area contributed by atoms with Crippen molar-refractivity contribution in [2.24, 2.45) is 0 Å². The molecule has 0 saturated heterocycles. The molecule has 4 heteroatoms. The molecule has 0 spiro atoms. The maximum Gasteiger partial charge on any atom is 0.232 e. The molecule has 2 N–H and O–H groups in total. The summed E-state index contributed by atoms with van der Waals surface area (Å²) < 4.78 is 5.28. The molecule has 1 amide bonds. The first kappa shape index (κ1) is 15.2. The number of nitrogens with zero attached hydrogens (tertiary/aromatic N) is 1. The Hall–Kier alpha value is -2.23. The predicted octanol–water partition coefficient (Wildman–Crippen LogP) is 3.11.